The molecule has 1 amide bonds. The fourth-order valence-corrected chi connectivity index (χ4v) is 2.33. The van der Waals surface area contributed by atoms with E-state index in [0.29, 0.717) is 6.61 Å². The average Bonchev–Trinajstić information content (AvgIpc) is 2.18. The van der Waals surface area contributed by atoms with Crippen molar-refractivity contribution < 1.29 is 9.53 Å². The first kappa shape index (κ1) is 9.77. The fourth-order valence-electron chi connectivity index (χ4n) is 2.33. The maximum Gasteiger partial charge on any atom is 0.409 e. The summed E-state index contributed by atoms with van der Waals surface area (Å²) in [6, 6.07) is 0. The van der Waals surface area contributed by atoms with Crippen molar-refractivity contribution in [2.24, 2.45) is 5.41 Å². The standard InChI is InChI=1S/C10H18N2O2/c1-11-5-3-10(4-6-11)7-12(2)9(13)14-8-10/h3-8H2,1-2H3. The SMILES string of the molecule is CN1CCC2(CC1)COC(=O)N(C)C2. The molecule has 0 aromatic carbocycles. The number of piperidine rings is 1. The van der Waals surface area contributed by atoms with Crippen molar-refractivity contribution in [1.29, 1.82) is 0 Å². The molecule has 0 bridgehead atoms. The van der Waals surface area contributed by atoms with E-state index in [-0.39, 0.29) is 11.5 Å². The zero-order chi connectivity index (χ0) is 10.2. The maximum atomic E-state index is 11.2. The van der Waals surface area contributed by atoms with Gasteiger partial charge in [-0.05, 0) is 33.0 Å². The van der Waals surface area contributed by atoms with Gasteiger partial charge < -0.3 is 14.5 Å². The van der Waals surface area contributed by atoms with Gasteiger partial charge in [-0.1, -0.05) is 0 Å². The lowest BCUT2D eigenvalue weighted by atomic mass is 9.78. The van der Waals surface area contributed by atoms with E-state index in [9.17, 15) is 4.79 Å². The van der Waals surface area contributed by atoms with Gasteiger partial charge in [-0.25, -0.2) is 4.79 Å². The molecule has 1 spiro atoms. The van der Waals surface area contributed by atoms with E-state index in [1.54, 1.807) is 4.90 Å². The Hall–Kier alpha value is -0.770. The first-order valence-electron chi connectivity index (χ1n) is 5.18. The Kier molecular flexibility index (Phi) is 2.39. The van der Waals surface area contributed by atoms with Crippen molar-refractivity contribution in [3.8, 4) is 0 Å². The molecule has 2 fully saturated rings. The van der Waals surface area contributed by atoms with Crippen LogP contribution in [0.3, 0.4) is 0 Å². The molecule has 0 N–H and O–H groups in total. The van der Waals surface area contributed by atoms with Crippen LogP contribution in [-0.2, 0) is 4.74 Å². The number of carbonyl (C=O) groups is 1. The van der Waals surface area contributed by atoms with Gasteiger partial charge >= 0.3 is 6.09 Å². The van der Waals surface area contributed by atoms with E-state index in [0.717, 1.165) is 32.5 Å². The predicted octanol–water partition coefficient (Wildman–Crippen LogP) is 0.780. The summed E-state index contributed by atoms with van der Waals surface area (Å²) in [5.41, 5.74) is 0.231. The van der Waals surface area contributed by atoms with Gasteiger partial charge in [-0.2, -0.15) is 0 Å². The Morgan fingerprint density at radius 3 is 2.50 bits per heavy atom. The number of ether oxygens (including phenoxy) is 1. The summed E-state index contributed by atoms with van der Waals surface area (Å²) in [5, 5.41) is 0. The summed E-state index contributed by atoms with van der Waals surface area (Å²) in [6.45, 7) is 3.71. The Bertz CT molecular complexity index is 234. The second-order valence-electron chi connectivity index (χ2n) is 4.71. The second kappa shape index (κ2) is 3.42. The summed E-state index contributed by atoms with van der Waals surface area (Å²) in [5.74, 6) is 0. The number of carbonyl (C=O) groups excluding carboxylic acids is 1. The first-order valence-corrected chi connectivity index (χ1v) is 5.18. The molecule has 0 aromatic heterocycles. The van der Waals surface area contributed by atoms with Crippen LogP contribution < -0.4 is 0 Å². The molecule has 2 heterocycles. The molecule has 80 valence electrons. The molecule has 0 aliphatic carbocycles. The smallest absolute Gasteiger partial charge is 0.409 e. The van der Waals surface area contributed by atoms with E-state index in [1.165, 1.54) is 0 Å². The molecule has 2 aliphatic rings. The molecule has 14 heavy (non-hydrogen) atoms. The predicted molar refractivity (Wildman–Crippen MR) is 53.1 cm³/mol. The van der Waals surface area contributed by atoms with Crippen LogP contribution in [0, 0.1) is 5.41 Å². The molecule has 0 aromatic rings. The number of hydrogen-bond acceptors (Lipinski definition) is 3. The summed E-state index contributed by atoms with van der Waals surface area (Å²) in [7, 11) is 3.97. The van der Waals surface area contributed by atoms with E-state index in [4.69, 9.17) is 4.74 Å². The third-order valence-corrected chi connectivity index (χ3v) is 3.43. The summed E-state index contributed by atoms with van der Waals surface area (Å²) in [4.78, 5) is 15.2. The first-order chi connectivity index (χ1) is 6.61. The van der Waals surface area contributed by atoms with Crippen molar-refractivity contribution in [2.75, 3.05) is 40.3 Å². The summed E-state index contributed by atoms with van der Waals surface area (Å²) >= 11 is 0. The van der Waals surface area contributed by atoms with E-state index in [1.807, 2.05) is 7.05 Å². The number of amides is 1. The van der Waals surface area contributed by atoms with E-state index in [2.05, 4.69) is 11.9 Å². The van der Waals surface area contributed by atoms with Gasteiger partial charge in [0.05, 0.1) is 0 Å². The van der Waals surface area contributed by atoms with Gasteiger partial charge in [0, 0.05) is 19.0 Å². The van der Waals surface area contributed by atoms with Gasteiger partial charge in [0.25, 0.3) is 0 Å². The van der Waals surface area contributed by atoms with Crippen LogP contribution in [0.5, 0.6) is 0 Å². The van der Waals surface area contributed by atoms with Crippen molar-refractivity contribution in [1.82, 2.24) is 9.80 Å². The van der Waals surface area contributed by atoms with Gasteiger partial charge in [-0.15, -0.1) is 0 Å². The Labute approximate surface area is 84.8 Å². The van der Waals surface area contributed by atoms with Crippen LogP contribution in [0.4, 0.5) is 4.79 Å². The maximum absolute atomic E-state index is 11.2. The highest BCUT2D eigenvalue weighted by Crippen LogP contribution is 2.34. The fraction of sp³-hybridized carbons (Fsp3) is 0.900. The van der Waals surface area contributed by atoms with Crippen LogP contribution in [-0.4, -0.2) is 56.2 Å². The summed E-state index contributed by atoms with van der Waals surface area (Å²) in [6.07, 6.45) is 2.11. The van der Waals surface area contributed by atoms with Gasteiger partial charge in [0.15, 0.2) is 0 Å². The van der Waals surface area contributed by atoms with Crippen molar-refractivity contribution in [3.05, 3.63) is 0 Å². The largest absolute Gasteiger partial charge is 0.449 e. The average molecular weight is 198 g/mol. The molecule has 4 heteroatoms. The molecule has 0 saturated carbocycles. The number of rotatable bonds is 0. The number of hydrogen-bond donors (Lipinski definition) is 0. The van der Waals surface area contributed by atoms with Gasteiger partial charge in [0.1, 0.15) is 6.61 Å². The minimum Gasteiger partial charge on any atom is -0.449 e. The number of cyclic esters (lactones) is 1. The topological polar surface area (TPSA) is 32.8 Å². The van der Waals surface area contributed by atoms with Crippen LogP contribution in [0.2, 0.25) is 0 Å². The minimum atomic E-state index is -0.172. The van der Waals surface area contributed by atoms with Gasteiger partial charge in [-0.3, -0.25) is 0 Å². The van der Waals surface area contributed by atoms with Crippen molar-refractivity contribution >= 4 is 6.09 Å². The third kappa shape index (κ3) is 1.71. The second-order valence-corrected chi connectivity index (χ2v) is 4.71. The molecular weight excluding hydrogens is 180 g/mol. The lowest BCUT2D eigenvalue weighted by Gasteiger charge is -2.45. The molecular formula is C10H18N2O2. The van der Waals surface area contributed by atoms with E-state index < -0.39 is 0 Å². The van der Waals surface area contributed by atoms with Crippen LogP contribution in [0.1, 0.15) is 12.8 Å². The highest BCUT2D eigenvalue weighted by Gasteiger charge is 2.40. The molecule has 0 radical (unpaired) electrons. The van der Waals surface area contributed by atoms with Crippen LogP contribution in [0.25, 0.3) is 0 Å². The molecule has 2 aliphatic heterocycles. The Morgan fingerprint density at radius 2 is 1.93 bits per heavy atom. The molecule has 4 nitrogen and oxygen atoms in total. The zero-order valence-corrected chi connectivity index (χ0v) is 8.95. The lowest BCUT2D eigenvalue weighted by molar-refractivity contribution is -0.0283. The number of nitrogens with zero attached hydrogens (tertiary/aromatic N) is 2. The minimum absolute atomic E-state index is 0.172. The molecule has 0 unspecified atom stereocenters. The molecule has 0 atom stereocenters. The van der Waals surface area contributed by atoms with E-state index >= 15 is 0 Å². The Balaban J connectivity index is 2.00. The molecule has 2 rings (SSSR count). The van der Waals surface area contributed by atoms with Crippen LogP contribution in [0.15, 0.2) is 0 Å². The van der Waals surface area contributed by atoms with Crippen LogP contribution >= 0.6 is 0 Å². The highest BCUT2D eigenvalue weighted by molar-refractivity contribution is 5.68. The zero-order valence-electron chi connectivity index (χ0n) is 8.95. The van der Waals surface area contributed by atoms with Crippen molar-refractivity contribution in [2.45, 2.75) is 12.8 Å². The molecule has 2 saturated heterocycles. The van der Waals surface area contributed by atoms with Crippen molar-refractivity contribution in [3.63, 3.8) is 0 Å². The Morgan fingerprint density at radius 1 is 1.29 bits per heavy atom. The summed E-state index contributed by atoms with van der Waals surface area (Å²) < 4.78 is 5.19. The monoisotopic (exact) mass is 198 g/mol. The normalized spacial score (nSPS) is 27.9. The lowest BCUT2D eigenvalue weighted by Crippen LogP contribution is -2.52. The highest BCUT2D eigenvalue weighted by atomic mass is 16.6. The third-order valence-electron chi connectivity index (χ3n) is 3.43. The van der Waals surface area contributed by atoms with Gasteiger partial charge in [0.2, 0.25) is 0 Å². The quantitative estimate of drug-likeness (QED) is 0.576. The number of likely N-dealkylation sites (tertiary alicyclic amines) is 1.